The van der Waals surface area contributed by atoms with Crippen molar-refractivity contribution in [3.8, 4) is 0 Å². The van der Waals surface area contributed by atoms with Gasteiger partial charge in [0.1, 0.15) is 4.83 Å². The van der Waals surface area contributed by atoms with Gasteiger partial charge in [0.05, 0.1) is 17.7 Å². The highest BCUT2D eigenvalue weighted by molar-refractivity contribution is 7.99. The van der Waals surface area contributed by atoms with E-state index in [4.69, 9.17) is 4.98 Å². The predicted molar refractivity (Wildman–Crippen MR) is 135 cm³/mol. The van der Waals surface area contributed by atoms with Gasteiger partial charge in [0.2, 0.25) is 5.91 Å². The summed E-state index contributed by atoms with van der Waals surface area (Å²) >= 11 is 2.67. The summed E-state index contributed by atoms with van der Waals surface area (Å²) < 4.78 is 1.62. The molecule has 0 aliphatic rings. The van der Waals surface area contributed by atoms with Crippen LogP contribution in [0.3, 0.4) is 0 Å². The Kier molecular flexibility index (Phi) is 7.64. The number of hydrogen-bond acceptors (Lipinski definition) is 6. The third-order valence-corrected chi connectivity index (χ3v) is 7.28. The van der Waals surface area contributed by atoms with E-state index >= 15 is 0 Å². The summed E-state index contributed by atoms with van der Waals surface area (Å²) in [5, 5.41) is 6.13. The van der Waals surface area contributed by atoms with Crippen LogP contribution in [0.4, 0.5) is 4.79 Å². The molecule has 7 nitrogen and oxygen atoms in total. The number of imide groups is 1. The van der Waals surface area contributed by atoms with Gasteiger partial charge >= 0.3 is 6.03 Å². The first-order chi connectivity index (χ1) is 15.5. The first-order valence-electron chi connectivity index (χ1n) is 10.8. The molecule has 0 atom stereocenters. The van der Waals surface area contributed by atoms with Crippen LogP contribution in [0, 0.1) is 13.8 Å². The standard InChI is InChI=1S/C24H30N4O3S2/c1-7-17-15(3)19-20(33-17)26-23(32-13-18(29)25-22(31)27-24(4,5)6)28(21(19)30)12-16-10-8-14(2)9-11-16/h8-11H,7,12-13H2,1-6H3,(H2,25,27,29,31). The van der Waals surface area contributed by atoms with E-state index in [-0.39, 0.29) is 11.3 Å². The van der Waals surface area contributed by atoms with Gasteiger partial charge in [-0.15, -0.1) is 11.3 Å². The number of nitrogens with one attached hydrogen (secondary N) is 2. The van der Waals surface area contributed by atoms with Gasteiger partial charge in [-0.1, -0.05) is 48.5 Å². The zero-order chi connectivity index (χ0) is 24.3. The fraction of sp³-hybridized carbons (Fsp3) is 0.417. The highest BCUT2D eigenvalue weighted by Crippen LogP contribution is 2.29. The molecule has 9 heteroatoms. The summed E-state index contributed by atoms with van der Waals surface area (Å²) in [6.45, 7) is 11.9. The number of rotatable bonds is 6. The molecule has 0 radical (unpaired) electrons. The Bertz CT molecular complexity index is 1240. The van der Waals surface area contributed by atoms with E-state index in [0.29, 0.717) is 21.9 Å². The van der Waals surface area contributed by atoms with Crippen molar-refractivity contribution in [3.63, 3.8) is 0 Å². The number of benzene rings is 1. The van der Waals surface area contributed by atoms with Crippen molar-refractivity contribution in [1.29, 1.82) is 0 Å². The maximum atomic E-state index is 13.5. The van der Waals surface area contributed by atoms with Crippen molar-refractivity contribution in [3.05, 3.63) is 56.2 Å². The number of thiophene rings is 1. The number of thioether (sulfide) groups is 1. The molecule has 1 aromatic carbocycles. The van der Waals surface area contributed by atoms with E-state index in [1.165, 1.54) is 11.3 Å². The molecular weight excluding hydrogens is 456 g/mol. The second-order valence-corrected chi connectivity index (χ2v) is 11.0. The molecule has 0 aliphatic carbocycles. The number of aryl methyl sites for hydroxylation is 3. The molecule has 0 saturated heterocycles. The molecule has 0 bridgehead atoms. The van der Waals surface area contributed by atoms with Crippen LogP contribution in [0.5, 0.6) is 0 Å². The van der Waals surface area contributed by atoms with Gasteiger partial charge < -0.3 is 5.32 Å². The summed E-state index contributed by atoms with van der Waals surface area (Å²) in [5.41, 5.74) is 2.53. The quantitative estimate of drug-likeness (QED) is 0.398. The number of fused-ring (bicyclic) bond motifs is 1. The summed E-state index contributed by atoms with van der Waals surface area (Å²) in [4.78, 5) is 44.4. The van der Waals surface area contributed by atoms with Gasteiger partial charge in [-0.3, -0.25) is 19.5 Å². The van der Waals surface area contributed by atoms with Gasteiger partial charge in [-0.05, 0) is 52.2 Å². The minimum Gasteiger partial charge on any atom is -0.333 e. The fourth-order valence-corrected chi connectivity index (χ4v) is 5.33. The summed E-state index contributed by atoms with van der Waals surface area (Å²) in [6.07, 6.45) is 0.831. The molecule has 3 aromatic rings. The average Bonchev–Trinajstić information content (AvgIpc) is 3.04. The zero-order valence-corrected chi connectivity index (χ0v) is 21.5. The topological polar surface area (TPSA) is 93.1 Å². The Hall–Kier alpha value is -2.65. The monoisotopic (exact) mass is 486 g/mol. The van der Waals surface area contributed by atoms with Crippen LogP contribution in [-0.4, -0.2) is 32.8 Å². The van der Waals surface area contributed by atoms with Crippen LogP contribution < -0.4 is 16.2 Å². The van der Waals surface area contributed by atoms with E-state index in [0.717, 1.165) is 39.8 Å². The molecule has 2 N–H and O–H groups in total. The highest BCUT2D eigenvalue weighted by atomic mass is 32.2. The lowest BCUT2D eigenvalue weighted by Gasteiger charge is -2.20. The van der Waals surface area contributed by atoms with Crippen molar-refractivity contribution in [2.45, 2.75) is 65.2 Å². The Morgan fingerprint density at radius 1 is 1.15 bits per heavy atom. The number of amides is 3. The van der Waals surface area contributed by atoms with Crippen LogP contribution in [0.2, 0.25) is 0 Å². The van der Waals surface area contributed by atoms with Gasteiger partial charge in [-0.25, -0.2) is 9.78 Å². The van der Waals surface area contributed by atoms with Crippen LogP contribution in [-0.2, 0) is 17.8 Å². The first-order valence-corrected chi connectivity index (χ1v) is 12.6. The summed E-state index contributed by atoms with van der Waals surface area (Å²) in [5.74, 6) is -0.483. The van der Waals surface area contributed by atoms with Crippen LogP contribution in [0.25, 0.3) is 10.2 Å². The SMILES string of the molecule is CCc1sc2nc(SCC(=O)NC(=O)NC(C)(C)C)n(Cc3ccc(C)cc3)c(=O)c2c1C. The van der Waals surface area contributed by atoms with Gasteiger partial charge in [-0.2, -0.15) is 0 Å². The number of aromatic nitrogens is 2. The Balaban J connectivity index is 1.91. The molecule has 2 heterocycles. The average molecular weight is 487 g/mol. The lowest BCUT2D eigenvalue weighted by atomic mass is 10.1. The van der Waals surface area contributed by atoms with E-state index in [1.54, 1.807) is 4.57 Å². The van der Waals surface area contributed by atoms with Crippen LogP contribution in [0.15, 0.2) is 34.2 Å². The van der Waals surface area contributed by atoms with Gasteiger partial charge in [0.25, 0.3) is 5.56 Å². The van der Waals surface area contributed by atoms with Gasteiger partial charge in [0.15, 0.2) is 5.16 Å². The summed E-state index contributed by atoms with van der Waals surface area (Å²) in [7, 11) is 0. The number of urea groups is 1. The van der Waals surface area contributed by atoms with Gasteiger partial charge in [0, 0.05) is 10.4 Å². The highest BCUT2D eigenvalue weighted by Gasteiger charge is 2.20. The van der Waals surface area contributed by atoms with E-state index < -0.39 is 17.5 Å². The van der Waals surface area contributed by atoms with Crippen molar-refractivity contribution in [2.75, 3.05) is 5.75 Å². The lowest BCUT2D eigenvalue weighted by Crippen LogP contribution is -2.48. The smallest absolute Gasteiger partial charge is 0.321 e. The Morgan fingerprint density at radius 3 is 2.42 bits per heavy atom. The van der Waals surface area contributed by atoms with E-state index in [2.05, 4.69) is 17.6 Å². The minimum absolute atomic E-state index is 0.0333. The number of nitrogens with zero attached hydrogens (tertiary/aromatic N) is 2. The molecule has 176 valence electrons. The molecule has 2 aromatic heterocycles. The predicted octanol–water partition coefficient (Wildman–Crippen LogP) is 4.40. The number of carbonyl (C=O) groups excluding carboxylic acids is 2. The maximum Gasteiger partial charge on any atom is 0.321 e. The first kappa shape index (κ1) is 25.0. The molecule has 3 rings (SSSR count). The molecule has 0 fully saturated rings. The number of carbonyl (C=O) groups is 2. The van der Waals surface area contributed by atoms with E-state index in [9.17, 15) is 14.4 Å². The molecule has 3 amide bonds. The Labute approximate surface area is 202 Å². The fourth-order valence-electron chi connectivity index (χ4n) is 3.37. The largest absolute Gasteiger partial charge is 0.333 e. The normalized spacial score (nSPS) is 11.6. The van der Waals surface area contributed by atoms with Crippen molar-refractivity contribution < 1.29 is 9.59 Å². The maximum absolute atomic E-state index is 13.5. The third kappa shape index (κ3) is 6.23. The molecule has 0 spiro atoms. The lowest BCUT2D eigenvalue weighted by molar-refractivity contribution is -0.117. The van der Waals surface area contributed by atoms with Crippen molar-refractivity contribution in [1.82, 2.24) is 20.2 Å². The zero-order valence-electron chi connectivity index (χ0n) is 19.9. The molecule has 0 unspecified atom stereocenters. The second kappa shape index (κ2) is 10.1. The second-order valence-electron chi connectivity index (χ2n) is 9.00. The van der Waals surface area contributed by atoms with Crippen molar-refractivity contribution >= 4 is 45.3 Å². The van der Waals surface area contributed by atoms with Crippen LogP contribution in [0.1, 0.15) is 49.3 Å². The van der Waals surface area contributed by atoms with E-state index in [1.807, 2.05) is 58.9 Å². The third-order valence-electron chi connectivity index (χ3n) is 4.97. The molecule has 0 saturated carbocycles. The molecule has 0 aliphatic heterocycles. The number of hydrogen-bond donors (Lipinski definition) is 2. The summed E-state index contributed by atoms with van der Waals surface area (Å²) in [6, 6.07) is 7.44. The minimum atomic E-state index is -0.546. The molecular formula is C24H30N4O3S2. The van der Waals surface area contributed by atoms with Crippen LogP contribution >= 0.6 is 23.1 Å². The Morgan fingerprint density at radius 2 is 1.82 bits per heavy atom. The van der Waals surface area contributed by atoms with Crippen molar-refractivity contribution in [2.24, 2.45) is 0 Å². The molecule has 33 heavy (non-hydrogen) atoms.